The molecule has 0 radical (unpaired) electrons. The molecule has 0 bridgehead atoms. The topological polar surface area (TPSA) is 22.0 Å². The zero-order valence-electron chi connectivity index (χ0n) is 8.27. The number of benzene rings is 1. The normalized spacial score (nSPS) is 10.3. The minimum Gasteiger partial charge on any atom is -0.348 e. The lowest BCUT2D eigenvalue weighted by Crippen LogP contribution is -2.07. The second-order valence-corrected chi connectivity index (χ2v) is 4.17. The van der Waals surface area contributed by atoms with Gasteiger partial charge >= 0.3 is 0 Å². The molecule has 0 aliphatic rings. The highest BCUT2D eigenvalue weighted by atomic mass is 79.9. The third kappa shape index (κ3) is 1.88. The second-order valence-electron chi connectivity index (χ2n) is 3.31. The number of rotatable bonds is 2. The molecule has 0 N–H and O–H groups in total. The lowest BCUT2D eigenvalue weighted by Gasteiger charge is -2.04. The lowest BCUT2D eigenvalue weighted by molar-refractivity contribution is 0.103. The molecule has 1 aromatic heterocycles. The molecule has 0 amide bonds. The lowest BCUT2D eigenvalue weighted by atomic mass is 10.1. The molecule has 2 nitrogen and oxygen atoms in total. The van der Waals surface area contributed by atoms with Gasteiger partial charge in [-0.05, 0) is 24.3 Å². The summed E-state index contributed by atoms with van der Waals surface area (Å²) in [6, 6.07) is 11.1. The molecular formula is C12H10BrNO. The predicted molar refractivity (Wildman–Crippen MR) is 63.0 cm³/mol. The maximum absolute atomic E-state index is 12.1. The SMILES string of the molecule is Cn1cccc1C(=O)c1ccccc1Br. The average molecular weight is 264 g/mol. The summed E-state index contributed by atoms with van der Waals surface area (Å²) in [6.07, 6.45) is 1.87. The van der Waals surface area contributed by atoms with Gasteiger partial charge in [-0.25, -0.2) is 0 Å². The van der Waals surface area contributed by atoms with E-state index in [0.29, 0.717) is 11.3 Å². The Kier molecular flexibility index (Phi) is 2.73. The molecule has 2 aromatic rings. The van der Waals surface area contributed by atoms with Gasteiger partial charge in [0.05, 0.1) is 5.69 Å². The highest BCUT2D eigenvalue weighted by molar-refractivity contribution is 9.10. The number of hydrogen-bond donors (Lipinski definition) is 0. The third-order valence-electron chi connectivity index (χ3n) is 2.29. The smallest absolute Gasteiger partial charge is 0.210 e. The van der Waals surface area contributed by atoms with Crippen LogP contribution in [0.25, 0.3) is 0 Å². The molecule has 0 unspecified atom stereocenters. The Morgan fingerprint density at radius 1 is 1.20 bits per heavy atom. The Balaban J connectivity index is 2.46. The highest BCUT2D eigenvalue weighted by Crippen LogP contribution is 2.19. The summed E-state index contributed by atoms with van der Waals surface area (Å²) in [6.45, 7) is 0. The van der Waals surface area contributed by atoms with Crippen molar-refractivity contribution in [3.8, 4) is 0 Å². The molecule has 0 fully saturated rings. The van der Waals surface area contributed by atoms with Crippen LogP contribution in [0, 0.1) is 0 Å². The molecule has 1 heterocycles. The van der Waals surface area contributed by atoms with E-state index in [1.807, 2.05) is 54.2 Å². The van der Waals surface area contributed by atoms with Crippen molar-refractivity contribution in [2.24, 2.45) is 7.05 Å². The van der Waals surface area contributed by atoms with Crippen LogP contribution >= 0.6 is 15.9 Å². The van der Waals surface area contributed by atoms with Crippen molar-refractivity contribution in [1.29, 1.82) is 0 Å². The molecule has 3 heteroatoms. The maximum atomic E-state index is 12.1. The first-order valence-corrected chi connectivity index (χ1v) is 5.40. The van der Waals surface area contributed by atoms with E-state index >= 15 is 0 Å². The van der Waals surface area contributed by atoms with Crippen molar-refractivity contribution < 1.29 is 4.79 Å². The van der Waals surface area contributed by atoms with Gasteiger partial charge in [-0.2, -0.15) is 0 Å². The van der Waals surface area contributed by atoms with Crippen molar-refractivity contribution in [2.45, 2.75) is 0 Å². The quantitative estimate of drug-likeness (QED) is 0.764. The average Bonchev–Trinajstić information content (AvgIpc) is 2.64. The molecule has 0 spiro atoms. The van der Waals surface area contributed by atoms with Gasteiger partial charge in [-0.3, -0.25) is 4.79 Å². The van der Waals surface area contributed by atoms with E-state index < -0.39 is 0 Å². The number of nitrogens with zero attached hydrogens (tertiary/aromatic N) is 1. The first-order chi connectivity index (χ1) is 7.20. The second kappa shape index (κ2) is 4.03. The molecule has 76 valence electrons. The highest BCUT2D eigenvalue weighted by Gasteiger charge is 2.13. The van der Waals surface area contributed by atoms with Crippen molar-refractivity contribution >= 4 is 21.7 Å². The van der Waals surface area contributed by atoms with Gasteiger partial charge in [-0.15, -0.1) is 0 Å². The van der Waals surface area contributed by atoms with Crippen LogP contribution in [0.1, 0.15) is 16.1 Å². The van der Waals surface area contributed by atoms with E-state index in [2.05, 4.69) is 15.9 Å². The summed E-state index contributed by atoms with van der Waals surface area (Å²) >= 11 is 3.38. The van der Waals surface area contributed by atoms with Crippen molar-refractivity contribution in [2.75, 3.05) is 0 Å². The van der Waals surface area contributed by atoms with Crippen molar-refractivity contribution in [3.05, 3.63) is 58.3 Å². The monoisotopic (exact) mass is 263 g/mol. The number of carbonyl (C=O) groups excluding carboxylic acids is 1. The van der Waals surface area contributed by atoms with E-state index in [-0.39, 0.29) is 5.78 Å². The number of aromatic nitrogens is 1. The number of aryl methyl sites for hydroxylation is 1. The van der Waals surface area contributed by atoms with E-state index in [0.717, 1.165) is 4.47 Å². The first kappa shape index (κ1) is 10.2. The van der Waals surface area contributed by atoms with E-state index in [4.69, 9.17) is 0 Å². The fourth-order valence-corrected chi connectivity index (χ4v) is 1.95. The van der Waals surface area contributed by atoms with Gasteiger partial charge in [0.1, 0.15) is 0 Å². The van der Waals surface area contributed by atoms with Gasteiger partial charge in [0, 0.05) is 23.3 Å². The van der Waals surface area contributed by atoms with Crippen LogP contribution in [0.2, 0.25) is 0 Å². The third-order valence-corrected chi connectivity index (χ3v) is 2.99. The largest absolute Gasteiger partial charge is 0.348 e. The molecule has 0 aliphatic carbocycles. The fourth-order valence-electron chi connectivity index (χ4n) is 1.48. The fraction of sp³-hybridized carbons (Fsp3) is 0.0833. The molecule has 0 saturated carbocycles. The van der Waals surface area contributed by atoms with Crippen LogP contribution in [0.3, 0.4) is 0 Å². The maximum Gasteiger partial charge on any atom is 0.210 e. The van der Waals surface area contributed by atoms with Crippen LogP contribution in [-0.4, -0.2) is 10.4 Å². The Hall–Kier alpha value is -1.35. The molecule has 2 rings (SSSR count). The van der Waals surface area contributed by atoms with Crippen molar-refractivity contribution in [3.63, 3.8) is 0 Å². The summed E-state index contributed by atoms with van der Waals surface area (Å²) in [5, 5.41) is 0. The summed E-state index contributed by atoms with van der Waals surface area (Å²) in [5.41, 5.74) is 1.39. The van der Waals surface area contributed by atoms with Gasteiger partial charge in [0.2, 0.25) is 5.78 Å². The van der Waals surface area contributed by atoms with Crippen LogP contribution in [0.4, 0.5) is 0 Å². The number of ketones is 1. The summed E-state index contributed by atoms with van der Waals surface area (Å²) in [4.78, 5) is 12.1. The Morgan fingerprint density at radius 3 is 2.53 bits per heavy atom. The number of halogens is 1. The molecular weight excluding hydrogens is 254 g/mol. The minimum absolute atomic E-state index is 0.0370. The summed E-state index contributed by atoms with van der Waals surface area (Å²) < 4.78 is 2.65. The number of carbonyl (C=O) groups is 1. The Labute approximate surface area is 96.7 Å². The molecule has 1 aromatic carbocycles. The van der Waals surface area contributed by atoms with E-state index in [1.54, 1.807) is 0 Å². The van der Waals surface area contributed by atoms with E-state index in [1.165, 1.54) is 0 Å². The van der Waals surface area contributed by atoms with Crippen LogP contribution in [0.5, 0.6) is 0 Å². The Bertz CT molecular complexity index is 502. The summed E-state index contributed by atoms with van der Waals surface area (Å²) in [7, 11) is 1.87. The zero-order valence-corrected chi connectivity index (χ0v) is 9.86. The van der Waals surface area contributed by atoms with Gasteiger partial charge in [-0.1, -0.05) is 28.1 Å². The van der Waals surface area contributed by atoms with Crippen LogP contribution < -0.4 is 0 Å². The summed E-state index contributed by atoms with van der Waals surface area (Å²) in [5.74, 6) is 0.0370. The predicted octanol–water partition coefficient (Wildman–Crippen LogP) is 3.02. The van der Waals surface area contributed by atoms with Crippen molar-refractivity contribution in [1.82, 2.24) is 4.57 Å². The van der Waals surface area contributed by atoms with E-state index in [9.17, 15) is 4.79 Å². The van der Waals surface area contributed by atoms with Gasteiger partial charge in [0.15, 0.2) is 0 Å². The molecule has 0 saturated heterocycles. The first-order valence-electron chi connectivity index (χ1n) is 4.60. The van der Waals surface area contributed by atoms with Gasteiger partial charge in [0.25, 0.3) is 0 Å². The van der Waals surface area contributed by atoms with Gasteiger partial charge < -0.3 is 4.57 Å². The standard InChI is InChI=1S/C12H10BrNO/c1-14-8-4-7-11(14)12(15)9-5-2-3-6-10(9)13/h2-8H,1H3. The van der Waals surface area contributed by atoms with Crippen LogP contribution in [0.15, 0.2) is 47.1 Å². The minimum atomic E-state index is 0.0370. The molecule has 0 aliphatic heterocycles. The zero-order chi connectivity index (χ0) is 10.8. The molecule has 15 heavy (non-hydrogen) atoms. The number of hydrogen-bond acceptors (Lipinski definition) is 1. The van der Waals surface area contributed by atoms with Crippen LogP contribution in [-0.2, 0) is 7.05 Å². The Morgan fingerprint density at radius 2 is 1.93 bits per heavy atom. The molecule has 0 atom stereocenters.